The third-order valence-corrected chi connectivity index (χ3v) is 2.64. The van der Waals surface area contributed by atoms with Crippen LogP contribution < -0.4 is 15.8 Å². The Labute approximate surface area is 118 Å². The number of amides is 1. The number of hydrogen-bond donors (Lipinski definition) is 2. The van der Waals surface area contributed by atoms with Crippen molar-refractivity contribution in [2.75, 3.05) is 33.4 Å². The Bertz CT molecular complexity index is 427. The zero-order valence-electron chi connectivity index (χ0n) is 11.7. The van der Waals surface area contributed by atoms with Gasteiger partial charge in [0.25, 0.3) is 5.91 Å². The van der Waals surface area contributed by atoms with Gasteiger partial charge in [-0.3, -0.25) is 4.79 Å². The average Bonchev–Trinajstić information content (AvgIpc) is 2.43. The Morgan fingerprint density at radius 3 is 2.90 bits per heavy atom. The van der Waals surface area contributed by atoms with Crippen LogP contribution in [0.3, 0.4) is 0 Å². The molecular formula is C14H21FN2O3. The lowest BCUT2D eigenvalue weighted by molar-refractivity contribution is -0.123. The van der Waals surface area contributed by atoms with E-state index in [0.717, 1.165) is 12.0 Å². The van der Waals surface area contributed by atoms with Crippen LogP contribution in [0.25, 0.3) is 0 Å². The molecule has 112 valence electrons. The number of rotatable bonds is 9. The molecule has 1 aromatic rings. The van der Waals surface area contributed by atoms with Crippen molar-refractivity contribution in [1.29, 1.82) is 0 Å². The average molecular weight is 284 g/mol. The Hall–Kier alpha value is -1.66. The molecule has 0 fully saturated rings. The molecule has 0 radical (unpaired) electrons. The van der Waals surface area contributed by atoms with Gasteiger partial charge in [0.2, 0.25) is 0 Å². The highest BCUT2D eigenvalue weighted by molar-refractivity contribution is 5.77. The molecule has 1 aromatic carbocycles. The maximum absolute atomic E-state index is 13.7. The van der Waals surface area contributed by atoms with E-state index in [1.165, 1.54) is 12.1 Å². The standard InChI is InChI=1S/C14H21FN2O3/c1-19-8-2-7-17-14(18)10-20-13-4-3-11(5-6-16)9-12(13)15/h3-4,9H,2,5-8,10,16H2,1H3,(H,17,18). The van der Waals surface area contributed by atoms with Crippen LogP contribution in [0.5, 0.6) is 5.75 Å². The molecule has 0 saturated heterocycles. The summed E-state index contributed by atoms with van der Waals surface area (Å²) in [5.41, 5.74) is 6.21. The van der Waals surface area contributed by atoms with Gasteiger partial charge in [0, 0.05) is 20.3 Å². The van der Waals surface area contributed by atoms with E-state index in [0.29, 0.717) is 26.1 Å². The van der Waals surface area contributed by atoms with E-state index >= 15 is 0 Å². The van der Waals surface area contributed by atoms with Gasteiger partial charge in [0.15, 0.2) is 18.2 Å². The monoisotopic (exact) mass is 284 g/mol. The van der Waals surface area contributed by atoms with E-state index < -0.39 is 5.82 Å². The molecule has 1 amide bonds. The molecular weight excluding hydrogens is 263 g/mol. The topological polar surface area (TPSA) is 73.6 Å². The van der Waals surface area contributed by atoms with Crippen molar-refractivity contribution < 1.29 is 18.7 Å². The van der Waals surface area contributed by atoms with E-state index in [1.54, 1.807) is 13.2 Å². The second kappa shape index (κ2) is 9.28. The Kier molecular flexibility index (Phi) is 7.60. The molecule has 0 saturated carbocycles. The summed E-state index contributed by atoms with van der Waals surface area (Å²) in [5.74, 6) is -0.701. The fraction of sp³-hybridized carbons (Fsp3) is 0.500. The summed E-state index contributed by atoms with van der Waals surface area (Å²) in [7, 11) is 1.60. The van der Waals surface area contributed by atoms with E-state index in [1.807, 2.05) is 0 Å². The molecule has 0 bridgehead atoms. The summed E-state index contributed by atoms with van der Waals surface area (Å²) >= 11 is 0. The Morgan fingerprint density at radius 2 is 2.25 bits per heavy atom. The van der Waals surface area contributed by atoms with Gasteiger partial charge in [0.05, 0.1) is 0 Å². The molecule has 0 heterocycles. The third-order valence-electron chi connectivity index (χ3n) is 2.64. The first kappa shape index (κ1) is 16.4. The highest BCUT2D eigenvalue weighted by Gasteiger charge is 2.07. The molecule has 3 N–H and O–H groups in total. The minimum Gasteiger partial charge on any atom is -0.481 e. The lowest BCUT2D eigenvalue weighted by Gasteiger charge is -2.09. The first-order chi connectivity index (χ1) is 9.67. The lowest BCUT2D eigenvalue weighted by atomic mass is 10.1. The van der Waals surface area contributed by atoms with Crippen molar-refractivity contribution in [3.8, 4) is 5.75 Å². The van der Waals surface area contributed by atoms with Gasteiger partial charge >= 0.3 is 0 Å². The number of benzene rings is 1. The van der Waals surface area contributed by atoms with Gasteiger partial charge in [-0.2, -0.15) is 0 Å². The SMILES string of the molecule is COCCCNC(=O)COc1ccc(CCN)cc1F. The van der Waals surface area contributed by atoms with Crippen LogP contribution in [0.1, 0.15) is 12.0 Å². The van der Waals surface area contributed by atoms with Crippen LogP contribution in [-0.2, 0) is 16.0 Å². The smallest absolute Gasteiger partial charge is 0.257 e. The second-order valence-electron chi connectivity index (χ2n) is 4.29. The molecule has 0 atom stereocenters. The summed E-state index contributed by atoms with van der Waals surface area (Å²) in [6, 6.07) is 4.62. The van der Waals surface area contributed by atoms with E-state index in [9.17, 15) is 9.18 Å². The van der Waals surface area contributed by atoms with Gasteiger partial charge in [-0.1, -0.05) is 6.07 Å². The number of nitrogens with two attached hydrogens (primary N) is 1. The van der Waals surface area contributed by atoms with Gasteiger partial charge in [-0.25, -0.2) is 4.39 Å². The van der Waals surface area contributed by atoms with E-state index in [4.69, 9.17) is 15.2 Å². The predicted molar refractivity (Wildman–Crippen MR) is 74.2 cm³/mol. The van der Waals surface area contributed by atoms with Crippen LogP contribution in [0, 0.1) is 5.82 Å². The van der Waals surface area contributed by atoms with Crippen molar-refractivity contribution in [2.45, 2.75) is 12.8 Å². The molecule has 0 aliphatic carbocycles. The number of carbonyl (C=O) groups excluding carboxylic acids is 1. The quantitative estimate of drug-likeness (QED) is 0.660. The number of halogens is 1. The fourth-order valence-corrected chi connectivity index (χ4v) is 1.62. The maximum Gasteiger partial charge on any atom is 0.257 e. The van der Waals surface area contributed by atoms with Crippen LogP contribution in [-0.4, -0.2) is 39.3 Å². The normalized spacial score (nSPS) is 10.3. The van der Waals surface area contributed by atoms with Crippen molar-refractivity contribution in [2.24, 2.45) is 5.73 Å². The molecule has 5 nitrogen and oxygen atoms in total. The molecule has 0 aliphatic rings. The Balaban J connectivity index is 2.35. The van der Waals surface area contributed by atoms with Crippen molar-refractivity contribution in [1.82, 2.24) is 5.32 Å². The number of methoxy groups -OCH3 is 1. The summed E-state index contributed by atoms with van der Waals surface area (Å²) in [6.45, 7) is 1.34. The molecule has 6 heteroatoms. The first-order valence-corrected chi connectivity index (χ1v) is 6.54. The van der Waals surface area contributed by atoms with Gasteiger partial charge in [-0.15, -0.1) is 0 Å². The maximum atomic E-state index is 13.7. The largest absolute Gasteiger partial charge is 0.481 e. The van der Waals surface area contributed by atoms with E-state index in [-0.39, 0.29) is 18.3 Å². The molecule has 20 heavy (non-hydrogen) atoms. The van der Waals surface area contributed by atoms with Crippen molar-refractivity contribution in [3.63, 3.8) is 0 Å². The molecule has 1 rings (SSSR count). The highest BCUT2D eigenvalue weighted by Crippen LogP contribution is 2.18. The number of nitrogens with one attached hydrogen (secondary N) is 1. The minimum absolute atomic E-state index is 0.0674. The highest BCUT2D eigenvalue weighted by atomic mass is 19.1. The number of hydrogen-bond acceptors (Lipinski definition) is 4. The lowest BCUT2D eigenvalue weighted by Crippen LogP contribution is -2.30. The fourth-order valence-electron chi connectivity index (χ4n) is 1.62. The molecule has 0 aliphatic heterocycles. The second-order valence-corrected chi connectivity index (χ2v) is 4.29. The van der Waals surface area contributed by atoms with E-state index in [2.05, 4.69) is 5.32 Å². The van der Waals surface area contributed by atoms with Crippen LogP contribution in [0.4, 0.5) is 4.39 Å². The summed E-state index contributed by atoms with van der Waals surface area (Å²) in [6.07, 6.45) is 1.33. The van der Waals surface area contributed by atoms with Crippen molar-refractivity contribution >= 4 is 5.91 Å². The summed E-state index contributed by atoms with van der Waals surface area (Å²) in [4.78, 5) is 11.4. The Morgan fingerprint density at radius 1 is 1.45 bits per heavy atom. The molecule has 0 unspecified atom stereocenters. The zero-order valence-corrected chi connectivity index (χ0v) is 11.7. The zero-order chi connectivity index (χ0) is 14.8. The van der Waals surface area contributed by atoms with Gasteiger partial charge < -0.3 is 20.5 Å². The molecule has 0 aromatic heterocycles. The minimum atomic E-state index is -0.483. The summed E-state index contributed by atoms with van der Waals surface area (Å²) < 4.78 is 23.7. The van der Waals surface area contributed by atoms with Gasteiger partial charge in [-0.05, 0) is 37.1 Å². The van der Waals surface area contributed by atoms with Crippen LogP contribution in [0.2, 0.25) is 0 Å². The molecule has 0 spiro atoms. The van der Waals surface area contributed by atoms with Gasteiger partial charge in [0.1, 0.15) is 0 Å². The number of carbonyl (C=O) groups is 1. The van der Waals surface area contributed by atoms with Crippen molar-refractivity contribution in [3.05, 3.63) is 29.6 Å². The first-order valence-electron chi connectivity index (χ1n) is 6.54. The summed E-state index contributed by atoms with van der Waals surface area (Å²) in [5, 5.41) is 2.66. The van der Waals surface area contributed by atoms with Crippen LogP contribution >= 0.6 is 0 Å². The van der Waals surface area contributed by atoms with Crippen LogP contribution in [0.15, 0.2) is 18.2 Å². The third kappa shape index (κ3) is 5.99. The predicted octanol–water partition coefficient (Wildman–Crippen LogP) is 0.858. The number of ether oxygens (including phenoxy) is 2.